The summed E-state index contributed by atoms with van der Waals surface area (Å²) >= 11 is 0. The van der Waals surface area contributed by atoms with E-state index in [-0.39, 0.29) is 0 Å². The minimum absolute atomic E-state index is 0.620. The minimum atomic E-state index is 0.620. The van der Waals surface area contributed by atoms with Crippen LogP contribution in [0.5, 0.6) is 0 Å². The van der Waals surface area contributed by atoms with Gasteiger partial charge in [-0.2, -0.15) is 5.10 Å². The lowest BCUT2D eigenvalue weighted by atomic mass is 9.92. The molecule has 21 heavy (non-hydrogen) atoms. The third kappa shape index (κ3) is 4.55. The van der Waals surface area contributed by atoms with Gasteiger partial charge < -0.3 is 5.32 Å². The molecule has 2 rings (SSSR count). The molecule has 4 nitrogen and oxygen atoms in total. The van der Waals surface area contributed by atoms with Gasteiger partial charge in [0, 0.05) is 50.5 Å². The Kier molecular flexibility index (Phi) is 5.82. The van der Waals surface area contributed by atoms with Crippen molar-refractivity contribution in [1.82, 2.24) is 20.0 Å². The van der Waals surface area contributed by atoms with Crippen molar-refractivity contribution >= 4 is 0 Å². The largest absolute Gasteiger partial charge is 0.311 e. The molecule has 1 aromatic rings. The number of aryl methyl sites for hydroxylation is 1. The van der Waals surface area contributed by atoms with Gasteiger partial charge in [0.2, 0.25) is 0 Å². The lowest BCUT2D eigenvalue weighted by Crippen LogP contribution is -2.58. The number of nitrogens with zero attached hydrogens (tertiary/aromatic N) is 3. The van der Waals surface area contributed by atoms with Gasteiger partial charge in [-0.25, -0.2) is 0 Å². The average Bonchev–Trinajstić information content (AvgIpc) is 2.84. The smallest absolute Gasteiger partial charge is 0.0534 e. The third-order valence-corrected chi connectivity index (χ3v) is 4.78. The van der Waals surface area contributed by atoms with Crippen molar-refractivity contribution in [3.8, 4) is 0 Å². The highest BCUT2D eigenvalue weighted by Crippen LogP contribution is 2.21. The van der Waals surface area contributed by atoms with Crippen molar-refractivity contribution in [1.29, 1.82) is 0 Å². The van der Waals surface area contributed by atoms with Gasteiger partial charge in [0.1, 0.15) is 0 Å². The monoisotopic (exact) mass is 292 g/mol. The van der Waals surface area contributed by atoms with Crippen LogP contribution in [0.25, 0.3) is 0 Å². The number of aromatic nitrogens is 2. The maximum Gasteiger partial charge on any atom is 0.0534 e. The zero-order chi connectivity index (χ0) is 15.4. The van der Waals surface area contributed by atoms with Crippen LogP contribution < -0.4 is 5.32 Å². The van der Waals surface area contributed by atoms with E-state index in [2.05, 4.69) is 49.2 Å². The normalized spacial score (nSPS) is 25.4. The zero-order valence-corrected chi connectivity index (χ0v) is 14.3. The highest BCUT2D eigenvalue weighted by Gasteiger charge is 2.30. The first-order valence-corrected chi connectivity index (χ1v) is 8.44. The summed E-state index contributed by atoms with van der Waals surface area (Å²) in [5.41, 5.74) is 1.33. The van der Waals surface area contributed by atoms with Crippen molar-refractivity contribution in [3.05, 3.63) is 18.0 Å². The molecule has 1 saturated heterocycles. The first-order valence-electron chi connectivity index (χ1n) is 8.44. The lowest BCUT2D eigenvalue weighted by Gasteiger charge is -2.43. The number of piperazine rings is 1. The molecular weight excluding hydrogens is 260 g/mol. The molecule has 0 saturated carbocycles. The Morgan fingerprint density at radius 1 is 1.38 bits per heavy atom. The van der Waals surface area contributed by atoms with Crippen LogP contribution in [0.1, 0.15) is 46.1 Å². The number of nitrogens with one attached hydrogen (secondary N) is 1. The lowest BCUT2D eigenvalue weighted by molar-refractivity contribution is 0.0889. The Labute approximate surface area is 129 Å². The van der Waals surface area contributed by atoms with Crippen molar-refractivity contribution in [2.75, 3.05) is 13.1 Å². The Hall–Kier alpha value is -0.870. The molecular formula is C17H32N4. The summed E-state index contributed by atoms with van der Waals surface area (Å²) < 4.78 is 1.90. The van der Waals surface area contributed by atoms with E-state index in [4.69, 9.17) is 0 Å². The van der Waals surface area contributed by atoms with E-state index in [1.807, 2.05) is 17.9 Å². The van der Waals surface area contributed by atoms with Gasteiger partial charge in [0.25, 0.3) is 0 Å². The van der Waals surface area contributed by atoms with Crippen molar-refractivity contribution in [3.63, 3.8) is 0 Å². The number of rotatable bonds is 6. The van der Waals surface area contributed by atoms with Gasteiger partial charge >= 0.3 is 0 Å². The van der Waals surface area contributed by atoms with Crippen LogP contribution >= 0.6 is 0 Å². The SMILES string of the molecule is CCC(C)C1CN(Cc2cnn(C)c2)C(CC(C)C)CN1. The first kappa shape index (κ1) is 16.5. The molecule has 0 aliphatic carbocycles. The van der Waals surface area contributed by atoms with Crippen LogP contribution in [0.4, 0.5) is 0 Å². The molecule has 1 fully saturated rings. The Balaban J connectivity index is 2.04. The summed E-state index contributed by atoms with van der Waals surface area (Å²) in [7, 11) is 1.99. The van der Waals surface area contributed by atoms with Crippen LogP contribution in [0.15, 0.2) is 12.4 Å². The zero-order valence-electron chi connectivity index (χ0n) is 14.3. The molecule has 0 amide bonds. The fraction of sp³-hybridized carbons (Fsp3) is 0.824. The van der Waals surface area contributed by atoms with Crippen LogP contribution in [0, 0.1) is 11.8 Å². The van der Waals surface area contributed by atoms with Gasteiger partial charge in [0.05, 0.1) is 6.20 Å². The fourth-order valence-corrected chi connectivity index (χ4v) is 3.31. The van der Waals surface area contributed by atoms with E-state index in [0.717, 1.165) is 31.5 Å². The molecule has 0 aromatic carbocycles. The summed E-state index contributed by atoms with van der Waals surface area (Å²) in [5.74, 6) is 1.48. The molecule has 3 atom stereocenters. The summed E-state index contributed by atoms with van der Waals surface area (Å²) in [6, 6.07) is 1.26. The first-order chi connectivity index (χ1) is 9.99. The maximum absolute atomic E-state index is 4.31. The second-order valence-corrected chi connectivity index (χ2v) is 7.14. The summed E-state index contributed by atoms with van der Waals surface area (Å²) in [4.78, 5) is 2.67. The van der Waals surface area contributed by atoms with E-state index in [0.29, 0.717) is 12.1 Å². The predicted octanol–water partition coefficient (Wildman–Crippen LogP) is 2.65. The number of hydrogen-bond donors (Lipinski definition) is 1. The van der Waals surface area contributed by atoms with E-state index in [1.165, 1.54) is 18.4 Å². The molecule has 120 valence electrons. The molecule has 1 aliphatic rings. The summed E-state index contributed by atoms with van der Waals surface area (Å²) in [6.45, 7) is 12.6. The van der Waals surface area contributed by atoms with E-state index >= 15 is 0 Å². The Morgan fingerprint density at radius 3 is 2.71 bits per heavy atom. The molecule has 2 heterocycles. The van der Waals surface area contributed by atoms with E-state index < -0.39 is 0 Å². The number of hydrogen-bond acceptors (Lipinski definition) is 3. The standard InChI is InChI=1S/C17H32N4/c1-6-14(4)17-12-21(11-15-8-19-20(5)10-15)16(9-18-17)7-13(2)3/h8,10,13-14,16-18H,6-7,9,11-12H2,1-5H3. The second kappa shape index (κ2) is 7.41. The van der Waals surface area contributed by atoms with E-state index in [9.17, 15) is 0 Å². The van der Waals surface area contributed by atoms with Crippen molar-refractivity contribution < 1.29 is 0 Å². The Morgan fingerprint density at radius 2 is 2.14 bits per heavy atom. The van der Waals surface area contributed by atoms with Gasteiger partial charge in [-0.1, -0.05) is 34.1 Å². The van der Waals surface area contributed by atoms with Crippen LogP contribution in [-0.4, -0.2) is 39.9 Å². The van der Waals surface area contributed by atoms with Crippen LogP contribution in [0.2, 0.25) is 0 Å². The molecule has 1 N–H and O–H groups in total. The van der Waals surface area contributed by atoms with Crippen molar-refractivity contribution in [2.24, 2.45) is 18.9 Å². The average molecular weight is 292 g/mol. The molecule has 3 unspecified atom stereocenters. The predicted molar refractivity (Wildman–Crippen MR) is 88.1 cm³/mol. The second-order valence-electron chi connectivity index (χ2n) is 7.14. The van der Waals surface area contributed by atoms with Crippen molar-refractivity contribution in [2.45, 2.75) is 59.2 Å². The molecule has 1 aromatic heterocycles. The molecule has 1 aliphatic heterocycles. The molecule has 0 radical (unpaired) electrons. The van der Waals surface area contributed by atoms with Gasteiger partial charge in [-0.3, -0.25) is 9.58 Å². The topological polar surface area (TPSA) is 33.1 Å². The third-order valence-electron chi connectivity index (χ3n) is 4.78. The minimum Gasteiger partial charge on any atom is -0.311 e. The highest BCUT2D eigenvalue weighted by molar-refractivity contribution is 5.05. The summed E-state index contributed by atoms with van der Waals surface area (Å²) in [6.07, 6.45) is 6.66. The van der Waals surface area contributed by atoms with Gasteiger partial charge in [-0.15, -0.1) is 0 Å². The molecule has 0 bridgehead atoms. The van der Waals surface area contributed by atoms with Gasteiger partial charge in [-0.05, 0) is 18.3 Å². The van der Waals surface area contributed by atoms with Crippen LogP contribution in [0.3, 0.4) is 0 Å². The van der Waals surface area contributed by atoms with Gasteiger partial charge in [0.15, 0.2) is 0 Å². The maximum atomic E-state index is 4.31. The Bertz CT molecular complexity index is 426. The highest BCUT2D eigenvalue weighted by atomic mass is 15.3. The van der Waals surface area contributed by atoms with E-state index in [1.54, 1.807) is 0 Å². The summed E-state index contributed by atoms with van der Waals surface area (Å²) in [5, 5.41) is 8.10. The quantitative estimate of drug-likeness (QED) is 0.875. The molecule has 0 spiro atoms. The molecule has 4 heteroatoms. The van der Waals surface area contributed by atoms with Crippen LogP contribution in [-0.2, 0) is 13.6 Å². The fourth-order valence-electron chi connectivity index (χ4n) is 3.31.